The third-order valence-corrected chi connectivity index (χ3v) is 20.4. The summed E-state index contributed by atoms with van der Waals surface area (Å²) in [6.07, 6.45) is 12.2. The first-order valence-corrected chi connectivity index (χ1v) is 40.5. The molecule has 3 N–H and O–H groups in total. The summed E-state index contributed by atoms with van der Waals surface area (Å²) in [5, 5.41) is 36.1. The maximum absolute atomic E-state index is 13.7. The van der Waals surface area contributed by atoms with Crippen molar-refractivity contribution in [2.24, 2.45) is 10.8 Å². The first kappa shape index (κ1) is 87.2. The van der Waals surface area contributed by atoms with Crippen LogP contribution < -0.4 is 50.9 Å². The van der Waals surface area contributed by atoms with Gasteiger partial charge in [0.2, 0.25) is 0 Å². The summed E-state index contributed by atoms with van der Waals surface area (Å²) in [5.41, 5.74) is -3.51. The number of aliphatic carboxylic acids is 2. The molecule has 4 heterocycles. The largest absolute Gasteiger partial charge is 0.513 e. The number of carboxylic acids is 2. The molecule has 2 atom stereocenters. The van der Waals surface area contributed by atoms with Crippen LogP contribution in [0.15, 0.2) is 206 Å². The molecule has 6 aromatic carbocycles. The number of aliphatic hydroxyl groups is 1. The first-order chi connectivity index (χ1) is 57.7. The minimum absolute atomic E-state index is 0.0155. The van der Waals surface area contributed by atoms with Gasteiger partial charge in [-0.25, -0.2) is 38.4 Å². The first-order valence-electron chi connectivity index (χ1n) is 40.5. The molecule has 119 heavy (non-hydrogen) atoms. The SMILES string of the molecule is O=C(OCCCCCCOc1ccc2ccc(=O)oc2c1)c1cc(OCCCCC2(C(=O)O)C=C(O)CC(CCCCOc3cc(C(=O)OCCCCCCOc4ccc5ccc(=O)oc5c4)cc(C(=O)OCCCCCCOc4ccc5ccc(=O)oc5c4)c3)(C(=O)O)C2)cc(C(=O)OCCCCCCOc2ccc3ccc(=O)oc3c2)c1. The van der Waals surface area contributed by atoms with Crippen molar-refractivity contribution in [3.8, 4) is 34.5 Å². The molecular formula is C92H98O27. The third kappa shape index (κ3) is 26.7. The molecule has 2 unspecified atom stereocenters. The molecule has 27 heteroatoms. The minimum atomic E-state index is -1.80. The van der Waals surface area contributed by atoms with Crippen LogP contribution in [0.5, 0.6) is 34.5 Å². The van der Waals surface area contributed by atoms with Gasteiger partial charge in [0, 0.05) is 76.5 Å². The summed E-state index contributed by atoms with van der Waals surface area (Å²) in [5.74, 6) is -3.29. The van der Waals surface area contributed by atoms with Gasteiger partial charge in [-0.15, -0.1) is 0 Å². The van der Waals surface area contributed by atoms with Crippen LogP contribution in [-0.2, 0) is 28.5 Å². The molecule has 0 aliphatic heterocycles. The normalized spacial score (nSPS) is 14.4. The highest BCUT2D eigenvalue weighted by atomic mass is 16.6. The smallest absolute Gasteiger partial charge is 0.338 e. The number of fused-ring (bicyclic) bond motifs is 4. The molecule has 0 amide bonds. The lowest BCUT2D eigenvalue weighted by atomic mass is 9.61. The standard InChI is InChI=1S/C92H98O27/c93-70-59-91(89(102)103,37-9-19-43-110-75-51-66(85(98)112-45-15-5-1-11-39-106-71-29-21-62-25-33-81(94)116-77(62)55-71)49-67(52-75)86(99)113-46-16-6-2-12-40-107-72-30-22-63-26-34-82(95)117-78(63)56-72)61-92(60-70,90(104)105)38-10-20-44-111-76-53-68(87(100)114-47-17-7-3-13-41-108-73-31-23-64-27-35-83(96)118-79(64)57-73)50-69(54-76)88(101)115-48-18-8-4-14-42-109-74-32-24-65-28-36-84(97)119-80(65)58-74/h21-36,49-59,93H,1-20,37-48,60-61H2,(H,102,103)(H,104,105). The summed E-state index contributed by atoms with van der Waals surface area (Å²) in [4.78, 5) is 128. The second-order valence-corrected chi connectivity index (χ2v) is 29.5. The van der Waals surface area contributed by atoms with E-state index in [-0.39, 0.29) is 131 Å². The number of aliphatic hydroxyl groups excluding tert-OH is 1. The van der Waals surface area contributed by atoms with E-state index in [1.807, 2.05) is 24.3 Å². The second kappa shape index (κ2) is 44.0. The quantitative estimate of drug-likeness (QED) is 0.0138. The molecule has 0 spiro atoms. The van der Waals surface area contributed by atoms with E-state index in [1.165, 1.54) is 66.7 Å². The highest BCUT2D eigenvalue weighted by molar-refractivity contribution is 5.97. The predicted octanol–water partition coefficient (Wildman–Crippen LogP) is 17.5. The maximum Gasteiger partial charge on any atom is 0.338 e. The van der Waals surface area contributed by atoms with Gasteiger partial charge in [0.25, 0.3) is 0 Å². The predicted molar refractivity (Wildman–Crippen MR) is 439 cm³/mol. The van der Waals surface area contributed by atoms with Crippen molar-refractivity contribution in [3.63, 3.8) is 0 Å². The molecule has 4 aromatic heterocycles. The van der Waals surface area contributed by atoms with E-state index in [9.17, 15) is 63.3 Å². The Hall–Kier alpha value is -12.7. The fraction of sp³-hybridized carbons (Fsp3) is 0.391. The minimum Gasteiger partial charge on any atom is -0.513 e. The molecule has 0 radical (unpaired) electrons. The average Bonchev–Trinajstić information content (AvgIpc) is 0.758. The number of ether oxygens (including phenoxy) is 10. The van der Waals surface area contributed by atoms with Gasteiger partial charge in [0.1, 0.15) is 56.8 Å². The molecular weight excluding hydrogens is 1540 g/mol. The van der Waals surface area contributed by atoms with Crippen molar-refractivity contribution in [1.82, 2.24) is 0 Å². The molecule has 628 valence electrons. The summed E-state index contributed by atoms with van der Waals surface area (Å²) < 4.78 is 79.5. The molecule has 0 saturated carbocycles. The molecule has 27 nitrogen and oxygen atoms in total. The highest BCUT2D eigenvalue weighted by Crippen LogP contribution is 2.51. The number of carbonyl (C=O) groups excluding carboxylic acids is 4. The number of allylic oxidation sites excluding steroid dienone is 1. The van der Waals surface area contributed by atoms with Gasteiger partial charge >= 0.3 is 58.3 Å². The van der Waals surface area contributed by atoms with Crippen LogP contribution in [0.4, 0.5) is 0 Å². The van der Waals surface area contributed by atoms with Gasteiger partial charge in [0.15, 0.2) is 0 Å². The summed E-state index contributed by atoms with van der Waals surface area (Å²) in [6.45, 7) is 1.92. The number of benzene rings is 6. The number of esters is 4. The van der Waals surface area contributed by atoms with Crippen LogP contribution in [0.2, 0.25) is 0 Å². The fourth-order valence-electron chi connectivity index (χ4n) is 14.1. The van der Waals surface area contributed by atoms with Crippen molar-refractivity contribution in [3.05, 3.63) is 233 Å². The van der Waals surface area contributed by atoms with Crippen molar-refractivity contribution >= 4 is 79.7 Å². The lowest BCUT2D eigenvalue weighted by Gasteiger charge is -2.41. The zero-order chi connectivity index (χ0) is 83.8. The van der Waals surface area contributed by atoms with Crippen LogP contribution in [-0.4, -0.2) is 117 Å². The number of hydrogen-bond acceptors (Lipinski definition) is 25. The maximum atomic E-state index is 13.7. The molecule has 10 aromatic rings. The van der Waals surface area contributed by atoms with Crippen LogP contribution in [0, 0.1) is 10.8 Å². The summed E-state index contributed by atoms with van der Waals surface area (Å²) in [6, 6.07) is 41.7. The van der Waals surface area contributed by atoms with E-state index in [4.69, 9.17) is 65.0 Å². The lowest BCUT2D eigenvalue weighted by Crippen LogP contribution is -2.44. The van der Waals surface area contributed by atoms with Crippen LogP contribution in [0.3, 0.4) is 0 Å². The zero-order valence-corrected chi connectivity index (χ0v) is 66.3. The Balaban J connectivity index is 0.648. The zero-order valence-electron chi connectivity index (χ0n) is 66.3. The van der Waals surface area contributed by atoms with E-state index >= 15 is 0 Å². The molecule has 0 fully saturated rings. The Kier molecular flexibility index (Phi) is 32.3. The van der Waals surface area contributed by atoms with Crippen LogP contribution in [0.25, 0.3) is 43.9 Å². The number of hydrogen-bond donors (Lipinski definition) is 3. The van der Waals surface area contributed by atoms with Crippen molar-refractivity contribution in [1.29, 1.82) is 0 Å². The number of carbonyl (C=O) groups is 6. The number of rotatable bonds is 50. The van der Waals surface area contributed by atoms with Gasteiger partial charge in [-0.3, -0.25) is 9.59 Å². The van der Waals surface area contributed by atoms with E-state index in [0.29, 0.717) is 149 Å². The highest BCUT2D eigenvalue weighted by Gasteiger charge is 2.52. The van der Waals surface area contributed by atoms with Gasteiger partial charge in [-0.2, -0.15) is 0 Å². The average molecular weight is 1640 g/mol. The number of unbranched alkanes of at least 4 members (excludes halogenated alkanes) is 14. The van der Waals surface area contributed by atoms with E-state index in [1.54, 1.807) is 72.8 Å². The van der Waals surface area contributed by atoms with Gasteiger partial charge in [-0.05, 0) is 263 Å². The lowest BCUT2D eigenvalue weighted by molar-refractivity contribution is -0.158. The molecule has 1 aliphatic carbocycles. The number of carboxylic acid groups (broad SMARTS) is 2. The van der Waals surface area contributed by atoms with Crippen molar-refractivity contribution in [2.75, 3.05) is 66.1 Å². The monoisotopic (exact) mass is 1630 g/mol. The van der Waals surface area contributed by atoms with Gasteiger partial charge < -0.3 is 80.4 Å². The second-order valence-electron chi connectivity index (χ2n) is 29.5. The Morgan fingerprint density at radius 1 is 0.294 bits per heavy atom. The Morgan fingerprint density at radius 3 is 0.840 bits per heavy atom. The summed E-state index contributed by atoms with van der Waals surface area (Å²) >= 11 is 0. The van der Waals surface area contributed by atoms with Crippen molar-refractivity contribution < 1.29 is 109 Å². The topological polar surface area (TPSA) is 376 Å². The van der Waals surface area contributed by atoms with Gasteiger partial charge in [-0.1, -0.05) is 0 Å². The third-order valence-electron chi connectivity index (χ3n) is 20.4. The Bertz CT molecular complexity index is 5140. The fourth-order valence-corrected chi connectivity index (χ4v) is 14.1. The van der Waals surface area contributed by atoms with Crippen LogP contribution >= 0.6 is 0 Å². The molecule has 1 aliphatic rings. The molecule has 0 saturated heterocycles. The molecule has 11 rings (SSSR count). The summed E-state index contributed by atoms with van der Waals surface area (Å²) in [7, 11) is 0. The van der Waals surface area contributed by atoms with E-state index in [2.05, 4.69) is 0 Å². The Labute approximate surface area is 684 Å². The van der Waals surface area contributed by atoms with E-state index < -0.39 is 69.1 Å². The Morgan fingerprint density at radius 2 is 0.555 bits per heavy atom. The van der Waals surface area contributed by atoms with Gasteiger partial charge in [0.05, 0.1) is 105 Å². The van der Waals surface area contributed by atoms with Crippen LogP contribution in [0.1, 0.15) is 196 Å². The van der Waals surface area contributed by atoms with E-state index in [0.717, 1.165) is 47.2 Å². The van der Waals surface area contributed by atoms with Crippen molar-refractivity contribution in [2.45, 2.75) is 154 Å². The molecule has 0 bridgehead atoms.